The molecule has 7 heteroatoms. The standard InChI is InChI=1S/C25H26ClN5O/c1-16-22(26)17(2)31-24(27-16)28-21(29-31)15-30(20-9-7-6-8-10-20)23(32)18-11-13-19(14-12-18)25(3,4)5/h6-14H,15H2,1-5H3. The first-order chi connectivity index (χ1) is 15.1. The minimum Gasteiger partial charge on any atom is -0.301 e. The molecule has 2 heterocycles. The smallest absolute Gasteiger partial charge is 0.258 e. The van der Waals surface area contributed by atoms with Crippen LogP contribution in [0.15, 0.2) is 54.6 Å². The summed E-state index contributed by atoms with van der Waals surface area (Å²) in [7, 11) is 0. The number of amides is 1. The first-order valence-electron chi connectivity index (χ1n) is 10.5. The van der Waals surface area contributed by atoms with Crippen LogP contribution in [-0.2, 0) is 12.0 Å². The van der Waals surface area contributed by atoms with Gasteiger partial charge in [0.25, 0.3) is 11.7 Å². The Hall–Kier alpha value is -3.25. The van der Waals surface area contributed by atoms with Crippen LogP contribution in [0.1, 0.15) is 53.9 Å². The number of fused-ring (bicyclic) bond motifs is 1. The van der Waals surface area contributed by atoms with Crippen molar-refractivity contribution in [2.75, 3.05) is 4.90 Å². The van der Waals surface area contributed by atoms with Crippen molar-refractivity contribution in [3.05, 3.63) is 88.0 Å². The van der Waals surface area contributed by atoms with Gasteiger partial charge in [-0.25, -0.2) is 4.98 Å². The van der Waals surface area contributed by atoms with Crippen LogP contribution in [0.25, 0.3) is 5.78 Å². The maximum absolute atomic E-state index is 13.5. The fourth-order valence-electron chi connectivity index (χ4n) is 3.56. The van der Waals surface area contributed by atoms with Crippen LogP contribution in [0, 0.1) is 13.8 Å². The Kier molecular flexibility index (Phi) is 5.73. The fraction of sp³-hybridized carbons (Fsp3) is 0.280. The van der Waals surface area contributed by atoms with Gasteiger partial charge in [-0.1, -0.05) is 62.7 Å². The maximum Gasteiger partial charge on any atom is 0.258 e. The average Bonchev–Trinajstić information content (AvgIpc) is 3.18. The number of nitrogens with zero attached hydrogens (tertiary/aromatic N) is 5. The molecular formula is C25H26ClN5O. The molecule has 0 bridgehead atoms. The lowest BCUT2D eigenvalue weighted by Gasteiger charge is -2.23. The molecular weight excluding hydrogens is 422 g/mol. The van der Waals surface area contributed by atoms with Gasteiger partial charge in [0.15, 0.2) is 5.82 Å². The number of benzene rings is 2. The highest BCUT2D eigenvalue weighted by molar-refractivity contribution is 6.31. The zero-order valence-electron chi connectivity index (χ0n) is 18.9. The molecule has 0 saturated heterocycles. The number of halogens is 1. The van der Waals surface area contributed by atoms with Gasteiger partial charge in [-0.05, 0) is 49.1 Å². The van der Waals surface area contributed by atoms with Crippen molar-refractivity contribution in [3.8, 4) is 0 Å². The molecule has 6 nitrogen and oxygen atoms in total. The van der Waals surface area contributed by atoms with Gasteiger partial charge in [-0.2, -0.15) is 9.50 Å². The van der Waals surface area contributed by atoms with Crippen LogP contribution in [0.4, 0.5) is 5.69 Å². The summed E-state index contributed by atoms with van der Waals surface area (Å²) in [5, 5.41) is 5.13. The van der Waals surface area contributed by atoms with Crippen LogP contribution in [0.2, 0.25) is 5.02 Å². The van der Waals surface area contributed by atoms with Crippen LogP contribution >= 0.6 is 11.6 Å². The zero-order valence-corrected chi connectivity index (χ0v) is 19.7. The molecule has 0 atom stereocenters. The molecule has 2 aromatic carbocycles. The van der Waals surface area contributed by atoms with E-state index in [0.29, 0.717) is 27.9 Å². The van der Waals surface area contributed by atoms with Crippen molar-refractivity contribution in [2.24, 2.45) is 0 Å². The van der Waals surface area contributed by atoms with E-state index in [-0.39, 0.29) is 17.9 Å². The molecule has 4 rings (SSSR count). The molecule has 0 radical (unpaired) electrons. The molecule has 0 spiro atoms. The topological polar surface area (TPSA) is 63.4 Å². The van der Waals surface area contributed by atoms with Crippen molar-refractivity contribution < 1.29 is 4.79 Å². The van der Waals surface area contributed by atoms with Crippen molar-refractivity contribution in [2.45, 2.75) is 46.6 Å². The molecule has 2 aromatic heterocycles. The van der Waals surface area contributed by atoms with Gasteiger partial charge in [-0.15, -0.1) is 5.10 Å². The Bertz CT molecular complexity index is 1270. The van der Waals surface area contributed by atoms with E-state index in [1.807, 2.05) is 68.4 Å². The van der Waals surface area contributed by atoms with Crippen LogP contribution < -0.4 is 4.90 Å². The summed E-state index contributed by atoms with van der Waals surface area (Å²) >= 11 is 6.33. The Morgan fingerprint density at radius 2 is 1.66 bits per heavy atom. The average molecular weight is 448 g/mol. The monoisotopic (exact) mass is 447 g/mol. The molecule has 0 saturated carbocycles. The minimum absolute atomic E-state index is 0.0193. The SMILES string of the molecule is Cc1nc2nc(CN(C(=O)c3ccc(C(C)(C)C)cc3)c3ccccc3)nn2c(C)c1Cl. The summed E-state index contributed by atoms with van der Waals surface area (Å²) < 4.78 is 1.62. The maximum atomic E-state index is 13.5. The van der Waals surface area contributed by atoms with Gasteiger partial charge in [-0.3, -0.25) is 4.79 Å². The highest BCUT2D eigenvalue weighted by Gasteiger charge is 2.22. The second-order valence-electron chi connectivity index (χ2n) is 8.89. The van der Waals surface area contributed by atoms with E-state index in [4.69, 9.17) is 11.6 Å². The van der Waals surface area contributed by atoms with E-state index in [1.165, 1.54) is 5.56 Å². The van der Waals surface area contributed by atoms with E-state index < -0.39 is 0 Å². The Balaban J connectivity index is 1.71. The molecule has 0 fully saturated rings. The zero-order chi connectivity index (χ0) is 23.0. The molecule has 0 unspecified atom stereocenters. The van der Waals surface area contributed by atoms with Crippen molar-refractivity contribution in [3.63, 3.8) is 0 Å². The van der Waals surface area contributed by atoms with Gasteiger partial charge in [0.2, 0.25) is 0 Å². The predicted octanol–water partition coefficient (Wildman–Crippen LogP) is 5.54. The molecule has 0 N–H and O–H groups in total. The van der Waals surface area contributed by atoms with E-state index in [1.54, 1.807) is 9.42 Å². The number of rotatable bonds is 4. The van der Waals surface area contributed by atoms with Gasteiger partial charge in [0.1, 0.15) is 0 Å². The van der Waals surface area contributed by atoms with Crippen molar-refractivity contribution in [1.82, 2.24) is 19.6 Å². The summed E-state index contributed by atoms with van der Waals surface area (Å²) in [6.45, 7) is 10.4. The quantitative estimate of drug-likeness (QED) is 0.412. The van der Waals surface area contributed by atoms with Crippen molar-refractivity contribution >= 4 is 29.0 Å². The molecule has 164 valence electrons. The summed E-state index contributed by atoms with van der Waals surface area (Å²) in [5.74, 6) is 0.842. The summed E-state index contributed by atoms with van der Waals surface area (Å²) in [4.78, 5) is 24.2. The van der Waals surface area contributed by atoms with Gasteiger partial charge >= 0.3 is 0 Å². The minimum atomic E-state index is -0.116. The van der Waals surface area contributed by atoms with Crippen LogP contribution in [-0.4, -0.2) is 25.5 Å². The molecule has 1 amide bonds. The molecule has 0 aliphatic rings. The number of carbonyl (C=O) groups is 1. The summed E-state index contributed by atoms with van der Waals surface area (Å²) in [6, 6.07) is 17.3. The first kappa shape index (κ1) is 22.0. The van der Waals surface area contributed by atoms with Gasteiger partial charge < -0.3 is 4.90 Å². The molecule has 0 aliphatic carbocycles. The number of hydrogen-bond donors (Lipinski definition) is 0. The second kappa shape index (κ2) is 8.36. The number of aryl methyl sites for hydroxylation is 2. The number of hydrogen-bond acceptors (Lipinski definition) is 4. The molecule has 0 aliphatic heterocycles. The number of para-hydroxylation sites is 1. The van der Waals surface area contributed by atoms with E-state index >= 15 is 0 Å². The molecule has 4 aromatic rings. The largest absolute Gasteiger partial charge is 0.301 e. The van der Waals surface area contributed by atoms with Gasteiger partial charge in [0, 0.05) is 11.3 Å². The number of aromatic nitrogens is 4. The lowest BCUT2D eigenvalue weighted by Crippen LogP contribution is -2.31. The third kappa shape index (κ3) is 4.23. The van der Waals surface area contributed by atoms with Gasteiger partial charge in [0.05, 0.1) is 23.0 Å². The highest BCUT2D eigenvalue weighted by atomic mass is 35.5. The van der Waals surface area contributed by atoms with E-state index in [2.05, 4.69) is 35.8 Å². The second-order valence-corrected chi connectivity index (χ2v) is 9.27. The first-order valence-corrected chi connectivity index (χ1v) is 10.9. The third-order valence-corrected chi connectivity index (χ3v) is 6.01. The normalized spacial score (nSPS) is 11.7. The number of anilines is 1. The molecule has 32 heavy (non-hydrogen) atoms. The lowest BCUT2D eigenvalue weighted by atomic mass is 9.86. The predicted molar refractivity (Wildman–Crippen MR) is 127 cm³/mol. The highest BCUT2D eigenvalue weighted by Crippen LogP contribution is 2.25. The van der Waals surface area contributed by atoms with E-state index in [0.717, 1.165) is 11.4 Å². The Labute approximate surface area is 192 Å². The van der Waals surface area contributed by atoms with Crippen LogP contribution in [0.5, 0.6) is 0 Å². The Morgan fingerprint density at radius 1 is 1.00 bits per heavy atom. The summed E-state index contributed by atoms with van der Waals surface area (Å²) in [6.07, 6.45) is 0. The van der Waals surface area contributed by atoms with Crippen LogP contribution in [0.3, 0.4) is 0 Å². The van der Waals surface area contributed by atoms with Crippen molar-refractivity contribution in [1.29, 1.82) is 0 Å². The number of carbonyl (C=O) groups excluding carboxylic acids is 1. The fourth-order valence-corrected chi connectivity index (χ4v) is 3.68. The summed E-state index contributed by atoms with van der Waals surface area (Å²) in [5.41, 5.74) is 4.05. The third-order valence-electron chi connectivity index (χ3n) is 5.47. The lowest BCUT2D eigenvalue weighted by molar-refractivity contribution is 0.0984. The Morgan fingerprint density at radius 3 is 2.28 bits per heavy atom. The van der Waals surface area contributed by atoms with E-state index in [9.17, 15) is 4.79 Å².